The van der Waals surface area contributed by atoms with E-state index in [2.05, 4.69) is 38.2 Å². The highest BCUT2D eigenvalue weighted by atomic mass is 16.5. The minimum absolute atomic E-state index is 0.00186. The van der Waals surface area contributed by atoms with Crippen LogP contribution in [0.15, 0.2) is 24.3 Å². The first kappa shape index (κ1) is 45.4. The molecule has 0 spiro atoms. The molecule has 0 bridgehead atoms. The summed E-state index contributed by atoms with van der Waals surface area (Å²) in [6.07, 6.45) is 49.1. The van der Waals surface area contributed by atoms with Crippen molar-refractivity contribution in [2.45, 2.75) is 238 Å². The second kappa shape index (κ2) is 38.9. The molecule has 0 aliphatic heterocycles. The summed E-state index contributed by atoms with van der Waals surface area (Å²) in [4.78, 5) is 23.4. The van der Waals surface area contributed by atoms with E-state index in [9.17, 15) is 9.59 Å². The minimum atomic E-state index is -0.699. The van der Waals surface area contributed by atoms with Gasteiger partial charge in [0.15, 0.2) is 0 Å². The van der Waals surface area contributed by atoms with Crippen molar-refractivity contribution in [3.63, 3.8) is 0 Å². The Hall–Kier alpha value is -1.58. The van der Waals surface area contributed by atoms with Gasteiger partial charge in [0.2, 0.25) is 0 Å². The fraction of sp³-hybridized carbons (Fsp3) is 0.860. The van der Waals surface area contributed by atoms with E-state index in [1.165, 1.54) is 135 Å². The zero-order valence-electron chi connectivity index (χ0n) is 31.6. The molecule has 0 fully saturated rings. The van der Waals surface area contributed by atoms with Gasteiger partial charge in [-0.1, -0.05) is 173 Å². The van der Waals surface area contributed by atoms with E-state index in [-0.39, 0.29) is 18.5 Å². The molecule has 1 N–H and O–H groups in total. The molecule has 0 aromatic carbocycles. The van der Waals surface area contributed by atoms with Gasteiger partial charge in [-0.15, -0.1) is 0 Å². The molecule has 1 atom stereocenters. The quantitative estimate of drug-likeness (QED) is 0.0407. The molecule has 0 saturated carbocycles. The molecule has 4 nitrogen and oxygen atoms in total. The number of aliphatic carboxylic acids is 1. The molecule has 0 aliphatic rings. The monoisotopic (exact) mass is 661 g/mol. The average molecular weight is 661 g/mol. The van der Waals surface area contributed by atoms with Gasteiger partial charge in [0.1, 0.15) is 6.10 Å². The zero-order valence-corrected chi connectivity index (χ0v) is 31.6. The molecular weight excluding hydrogens is 580 g/mol. The van der Waals surface area contributed by atoms with Crippen molar-refractivity contribution < 1.29 is 19.4 Å². The number of allylic oxidation sites excluding steroid dienone is 4. The maximum absolute atomic E-state index is 12.7. The molecule has 276 valence electrons. The van der Waals surface area contributed by atoms with Gasteiger partial charge in [0.05, 0.1) is 0 Å². The molecule has 0 aromatic heterocycles. The van der Waals surface area contributed by atoms with Gasteiger partial charge in [0, 0.05) is 12.8 Å². The first-order chi connectivity index (χ1) is 23.1. The van der Waals surface area contributed by atoms with Crippen LogP contribution in [0.2, 0.25) is 0 Å². The van der Waals surface area contributed by atoms with Crippen LogP contribution in [0, 0.1) is 0 Å². The smallest absolute Gasteiger partial charge is 0.306 e. The molecule has 0 heterocycles. The number of carboxylic acids is 1. The Morgan fingerprint density at radius 2 is 0.830 bits per heavy atom. The van der Waals surface area contributed by atoms with Gasteiger partial charge in [-0.05, 0) is 70.6 Å². The predicted octanol–water partition coefficient (Wildman–Crippen LogP) is 14.4. The Kier molecular flexibility index (Phi) is 37.6. The largest absolute Gasteiger partial charge is 0.481 e. The number of carbonyl (C=O) groups is 2. The molecule has 1 unspecified atom stereocenters. The summed E-state index contributed by atoms with van der Waals surface area (Å²) in [6, 6.07) is 0. The van der Waals surface area contributed by atoms with Crippen LogP contribution in [0.4, 0.5) is 0 Å². The van der Waals surface area contributed by atoms with Crippen LogP contribution in [0.3, 0.4) is 0 Å². The van der Waals surface area contributed by atoms with E-state index in [4.69, 9.17) is 9.84 Å². The maximum Gasteiger partial charge on any atom is 0.306 e. The maximum atomic E-state index is 12.7. The minimum Gasteiger partial charge on any atom is -0.481 e. The van der Waals surface area contributed by atoms with Crippen LogP contribution < -0.4 is 0 Å². The van der Waals surface area contributed by atoms with E-state index >= 15 is 0 Å². The number of carboxylic acid groups (broad SMARTS) is 1. The van der Waals surface area contributed by atoms with Crippen LogP contribution >= 0.6 is 0 Å². The fourth-order valence-electron chi connectivity index (χ4n) is 6.33. The molecule has 0 saturated heterocycles. The number of hydrogen-bond donors (Lipinski definition) is 1. The topological polar surface area (TPSA) is 63.6 Å². The molecule has 0 aliphatic carbocycles. The third-order valence-corrected chi connectivity index (χ3v) is 9.43. The third-order valence-electron chi connectivity index (χ3n) is 9.43. The number of ether oxygens (including phenoxy) is 1. The van der Waals surface area contributed by atoms with Crippen molar-refractivity contribution in [2.24, 2.45) is 0 Å². The normalized spacial score (nSPS) is 12.4. The average Bonchev–Trinajstić information content (AvgIpc) is 3.05. The summed E-state index contributed by atoms with van der Waals surface area (Å²) < 4.78 is 6.01. The van der Waals surface area contributed by atoms with E-state index < -0.39 is 5.97 Å². The highest BCUT2D eigenvalue weighted by molar-refractivity contribution is 5.69. The van der Waals surface area contributed by atoms with Crippen molar-refractivity contribution in [3.05, 3.63) is 24.3 Å². The second-order valence-corrected chi connectivity index (χ2v) is 14.2. The van der Waals surface area contributed by atoms with Gasteiger partial charge in [-0.25, -0.2) is 0 Å². The molecule has 47 heavy (non-hydrogen) atoms. The summed E-state index contributed by atoms with van der Waals surface area (Å²) in [5.74, 6) is -0.701. The van der Waals surface area contributed by atoms with Gasteiger partial charge in [-0.3, -0.25) is 9.59 Å². The standard InChI is InChI=1S/C43H80O4/c1-3-5-7-9-11-13-15-17-18-19-20-21-23-25-27-32-36-40-43(46)47-41(38-34-30-28-31-35-39-42(44)45)37-33-29-26-24-22-16-14-12-10-8-6-4-2/h11,13,17-18,41H,3-10,12,14-16,19-40H2,1-2H3,(H,44,45)/b13-11-,18-17-. The van der Waals surface area contributed by atoms with E-state index in [1.807, 2.05) is 0 Å². The number of rotatable bonds is 38. The fourth-order valence-corrected chi connectivity index (χ4v) is 6.33. The SMILES string of the molecule is CCCCC/C=C\C/C=C\CCCCCCCCCC(=O)OC(CCCCCCCCCCCCCC)CCCCCCCC(=O)O. The lowest BCUT2D eigenvalue weighted by Gasteiger charge is -2.18. The van der Waals surface area contributed by atoms with Gasteiger partial charge in [0.25, 0.3) is 0 Å². The Balaban J connectivity index is 4.00. The molecule has 0 rings (SSSR count). The number of carbonyl (C=O) groups excluding carboxylic acids is 1. The summed E-state index contributed by atoms with van der Waals surface area (Å²) in [5.41, 5.74) is 0. The Bertz CT molecular complexity index is 713. The van der Waals surface area contributed by atoms with Crippen LogP contribution in [-0.4, -0.2) is 23.1 Å². The summed E-state index contributed by atoms with van der Waals surface area (Å²) in [6.45, 7) is 4.53. The van der Waals surface area contributed by atoms with Crippen molar-refractivity contribution in [3.8, 4) is 0 Å². The number of esters is 1. The molecule has 0 aromatic rings. The lowest BCUT2D eigenvalue weighted by molar-refractivity contribution is -0.150. The lowest BCUT2D eigenvalue weighted by Crippen LogP contribution is -2.18. The van der Waals surface area contributed by atoms with E-state index in [0.717, 1.165) is 70.6 Å². The van der Waals surface area contributed by atoms with E-state index in [1.54, 1.807) is 0 Å². The van der Waals surface area contributed by atoms with Gasteiger partial charge >= 0.3 is 11.9 Å². The summed E-state index contributed by atoms with van der Waals surface area (Å²) in [5, 5.41) is 8.82. The molecular formula is C43H80O4. The Morgan fingerprint density at radius 1 is 0.468 bits per heavy atom. The second-order valence-electron chi connectivity index (χ2n) is 14.2. The van der Waals surface area contributed by atoms with Crippen LogP contribution in [0.1, 0.15) is 232 Å². The first-order valence-electron chi connectivity index (χ1n) is 20.8. The van der Waals surface area contributed by atoms with Crippen LogP contribution in [0.25, 0.3) is 0 Å². The molecule has 0 amide bonds. The Morgan fingerprint density at radius 3 is 1.30 bits per heavy atom. The Labute approximate surface area is 293 Å². The zero-order chi connectivity index (χ0) is 34.3. The third kappa shape index (κ3) is 38.7. The van der Waals surface area contributed by atoms with Crippen molar-refractivity contribution >= 4 is 11.9 Å². The number of unbranched alkanes of at least 4 members (excludes halogenated alkanes) is 25. The van der Waals surface area contributed by atoms with Crippen LogP contribution in [-0.2, 0) is 14.3 Å². The summed E-state index contributed by atoms with van der Waals surface area (Å²) in [7, 11) is 0. The molecule has 4 heteroatoms. The first-order valence-corrected chi connectivity index (χ1v) is 20.8. The predicted molar refractivity (Wildman–Crippen MR) is 204 cm³/mol. The van der Waals surface area contributed by atoms with Crippen molar-refractivity contribution in [1.29, 1.82) is 0 Å². The highest BCUT2D eigenvalue weighted by Gasteiger charge is 2.14. The summed E-state index contributed by atoms with van der Waals surface area (Å²) >= 11 is 0. The highest BCUT2D eigenvalue weighted by Crippen LogP contribution is 2.19. The lowest BCUT2D eigenvalue weighted by atomic mass is 10.0. The van der Waals surface area contributed by atoms with E-state index in [0.29, 0.717) is 6.42 Å². The van der Waals surface area contributed by atoms with Crippen LogP contribution in [0.5, 0.6) is 0 Å². The molecule has 0 radical (unpaired) electrons. The van der Waals surface area contributed by atoms with Crippen molar-refractivity contribution in [1.82, 2.24) is 0 Å². The van der Waals surface area contributed by atoms with Crippen molar-refractivity contribution in [2.75, 3.05) is 0 Å². The number of hydrogen-bond acceptors (Lipinski definition) is 3. The van der Waals surface area contributed by atoms with Gasteiger partial charge < -0.3 is 9.84 Å². The van der Waals surface area contributed by atoms with Gasteiger partial charge in [-0.2, -0.15) is 0 Å².